The third-order valence-electron chi connectivity index (χ3n) is 6.56. The van der Waals surface area contributed by atoms with Crippen molar-refractivity contribution in [2.45, 2.75) is 25.8 Å². The lowest BCUT2D eigenvalue weighted by Crippen LogP contribution is -2.51. The Balaban J connectivity index is 1.19. The Morgan fingerprint density at radius 2 is 1.68 bits per heavy atom. The molecule has 1 aromatic heterocycles. The second-order valence-electron chi connectivity index (χ2n) is 8.85. The van der Waals surface area contributed by atoms with E-state index in [1.165, 1.54) is 12.1 Å². The van der Waals surface area contributed by atoms with E-state index in [9.17, 15) is 14.0 Å². The van der Waals surface area contributed by atoms with Crippen LogP contribution in [0, 0.1) is 5.82 Å². The van der Waals surface area contributed by atoms with Gasteiger partial charge in [0.05, 0.1) is 12.2 Å². The van der Waals surface area contributed by atoms with E-state index >= 15 is 0 Å². The molecular formula is C26H28FN5O2. The lowest BCUT2D eigenvalue weighted by molar-refractivity contribution is -0.122. The summed E-state index contributed by atoms with van der Waals surface area (Å²) in [5.74, 6) is -0.373. The molecule has 2 heterocycles. The fourth-order valence-electron chi connectivity index (χ4n) is 4.72. The molecule has 1 aliphatic heterocycles. The molecule has 3 aromatic rings. The van der Waals surface area contributed by atoms with E-state index in [1.54, 1.807) is 16.8 Å². The van der Waals surface area contributed by atoms with E-state index in [0.717, 1.165) is 41.8 Å². The van der Waals surface area contributed by atoms with Crippen LogP contribution in [0.25, 0.3) is 5.69 Å². The van der Waals surface area contributed by atoms with Gasteiger partial charge in [0.2, 0.25) is 5.91 Å². The summed E-state index contributed by atoms with van der Waals surface area (Å²) in [7, 11) is 0. The molecule has 1 aliphatic carbocycles. The zero-order valence-corrected chi connectivity index (χ0v) is 19.0. The molecule has 176 valence electrons. The fraction of sp³-hybridized carbons (Fsp3) is 0.346. The molecule has 0 unspecified atom stereocenters. The van der Waals surface area contributed by atoms with E-state index in [1.807, 2.05) is 35.2 Å². The van der Waals surface area contributed by atoms with Crippen LogP contribution in [0.15, 0.2) is 54.6 Å². The number of rotatable bonds is 6. The number of hydrogen-bond donors (Lipinski definition) is 1. The monoisotopic (exact) mass is 461 g/mol. The Kier molecular flexibility index (Phi) is 6.40. The normalized spacial score (nSPS) is 15.9. The van der Waals surface area contributed by atoms with Gasteiger partial charge < -0.3 is 10.2 Å². The maximum Gasteiger partial charge on any atom is 0.274 e. The maximum atomic E-state index is 13.4. The molecule has 2 aliphatic rings. The Morgan fingerprint density at radius 1 is 0.941 bits per heavy atom. The van der Waals surface area contributed by atoms with Crippen LogP contribution in [-0.4, -0.2) is 64.1 Å². The Bertz CT molecular complexity index is 1170. The van der Waals surface area contributed by atoms with Crippen LogP contribution in [0.1, 0.15) is 33.7 Å². The minimum atomic E-state index is -0.296. The highest BCUT2D eigenvalue weighted by molar-refractivity contribution is 5.94. The second kappa shape index (κ2) is 9.77. The topological polar surface area (TPSA) is 70.5 Å². The van der Waals surface area contributed by atoms with Gasteiger partial charge in [-0.3, -0.25) is 14.5 Å². The summed E-state index contributed by atoms with van der Waals surface area (Å²) < 4.78 is 15.2. The molecule has 34 heavy (non-hydrogen) atoms. The predicted molar refractivity (Wildman–Crippen MR) is 126 cm³/mol. The predicted octanol–water partition coefficient (Wildman–Crippen LogP) is 2.57. The minimum absolute atomic E-state index is 0.0144. The maximum absolute atomic E-state index is 13.4. The zero-order chi connectivity index (χ0) is 23.5. The van der Waals surface area contributed by atoms with Gasteiger partial charge in [-0.25, -0.2) is 9.07 Å². The van der Waals surface area contributed by atoms with Crippen molar-refractivity contribution in [2.24, 2.45) is 0 Å². The summed E-state index contributed by atoms with van der Waals surface area (Å²) in [5.41, 5.74) is 4.40. The molecule has 0 radical (unpaired) electrons. The standard InChI is InChI=1S/C26H28FN5O2/c27-20-9-11-21(12-10-20)32-23-8-4-7-22(23)25(29-32)26(34)31-15-13-30(14-16-31)18-24(33)28-17-19-5-2-1-3-6-19/h1-3,5-6,9-12H,4,7-8,13-18H2,(H,28,33). The molecular weight excluding hydrogens is 433 g/mol. The minimum Gasteiger partial charge on any atom is -0.351 e. The van der Waals surface area contributed by atoms with Gasteiger partial charge in [0, 0.05) is 44.0 Å². The number of hydrogen-bond acceptors (Lipinski definition) is 4. The van der Waals surface area contributed by atoms with E-state index < -0.39 is 0 Å². The largest absolute Gasteiger partial charge is 0.351 e. The quantitative estimate of drug-likeness (QED) is 0.613. The van der Waals surface area contributed by atoms with Crippen molar-refractivity contribution < 1.29 is 14.0 Å². The Hall–Kier alpha value is -3.52. The van der Waals surface area contributed by atoms with Gasteiger partial charge in [-0.2, -0.15) is 5.10 Å². The van der Waals surface area contributed by atoms with E-state index in [0.29, 0.717) is 45.0 Å². The third-order valence-corrected chi connectivity index (χ3v) is 6.56. The van der Waals surface area contributed by atoms with Crippen LogP contribution < -0.4 is 5.32 Å². The number of amides is 2. The Morgan fingerprint density at radius 3 is 2.41 bits per heavy atom. The first-order valence-electron chi connectivity index (χ1n) is 11.8. The number of piperazine rings is 1. The van der Waals surface area contributed by atoms with Crippen molar-refractivity contribution in [3.05, 3.63) is 82.9 Å². The van der Waals surface area contributed by atoms with Gasteiger partial charge in [0.15, 0.2) is 5.69 Å². The average molecular weight is 462 g/mol. The van der Waals surface area contributed by atoms with Crippen molar-refractivity contribution in [3.63, 3.8) is 0 Å². The average Bonchev–Trinajstić information content (AvgIpc) is 3.47. The van der Waals surface area contributed by atoms with Crippen LogP contribution in [-0.2, 0) is 24.2 Å². The number of aromatic nitrogens is 2. The van der Waals surface area contributed by atoms with E-state index in [4.69, 9.17) is 0 Å². The number of fused-ring (bicyclic) bond motifs is 1. The molecule has 8 heteroatoms. The summed E-state index contributed by atoms with van der Waals surface area (Å²) in [5, 5.41) is 7.61. The van der Waals surface area contributed by atoms with Gasteiger partial charge in [0.25, 0.3) is 5.91 Å². The highest BCUT2D eigenvalue weighted by Crippen LogP contribution is 2.29. The zero-order valence-electron chi connectivity index (χ0n) is 19.0. The van der Waals surface area contributed by atoms with E-state index in [-0.39, 0.29) is 17.6 Å². The summed E-state index contributed by atoms with van der Waals surface area (Å²) in [4.78, 5) is 29.6. The number of carbonyl (C=O) groups is 2. The first-order valence-corrected chi connectivity index (χ1v) is 11.8. The fourth-order valence-corrected chi connectivity index (χ4v) is 4.72. The van der Waals surface area contributed by atoms with Crippen LogP contribution in [0.3, 0.4) is 0 Å². The molecule has 2 amide bonds. The van der Waals surface area contributed by atoms with Gasteiger partial charge in [-0.15, -0.1) is 0 Å². The lowest BCUT2D eigenvalue weighted by Gasteiger charge is -2.34. The van der Waals surface area contributed by atoms with Crippen LogP contribution in [0.5, 0.6) is 0 Å². The van der Waals surface area contributed by atoms with Gasteiger partial charge >= 0.3 is 0 Å². The molecule has 0 spiro atoms. The molecule has 1 N–H and O–H groups in total. The Labute approximate surface area is 198 Å². The number of nitrogens with zero attached hydrogens (tertiary/aromatic N) is 4. The van der Waals surface area contributed by atoms with Crippen LogP contribution in [0.4, 0.5) is 4.39 Å². The molecule has 2 aromatic carbocycles. The summed E-state index contributed by atoms with van der Waals surface area (Å²) in [6.07, 6.45) is 2.68. The molecule has 0 atom stereocenters. The second-order valence-corrected chi connectivity index (χ2v) is 8.85. The number of halogens is 1. The number of nitrogens with one attached hydrogen (secondary N) is 1. The molecule has 5 rings (SSSR count). The molecule has 1 fully saturated rings. The van der Waals surface area contributed by atoms with Crippen molar-refractivity contribution >= 4 is 11.8 Å². The highest BCUT2D eigenvalue weighted by Gasteiger charge is 2.31. The molecule has 0 bridgehead atoms. The number of benzene rings is 2. The SMILES string of the molecule is O=C(CN1CCN(C(=O)c2nn(-c3ccc(F)cc3)c3c2CCC3)CC1)NCc1ccccc1. The molecule has 0 saturated carbocycles. The van der Waals surface area contributed by atoms with E-state index in [2.05, 4.69) is 15.3 Å². The van der Waals surface area contributed by atoms with Gasteiger partial charge in [-0.1, -0.05) is 30.3 Å². The smallest absolute Gasteiger partial charge is 0.274 e. The summed E-state index contributed by atoms with van der Waals surface area (Å²) >= 11 is 0. The lowest BCUT2D eigenvalue weighted by atomic mass is 10.1. The van der Waals surface area contributed by atoms with Crippen LogP contribution in [0.2, 0.25) is 0 Å². The van der Waals surface area contributed by atoms with Crippen LogP contribution >= 0.6 is 0 Å². The van der Waals surface area contributed by atoms with Crippen molar-refractivity contribution in [3.8, 4) is 5.69 Å². The van der Waals surface area contributed by atoms with Crippen molar-refractivity contribution in [1.29, 1.82) is 0 Å². The molecule has 7 nitrogen and oxygen atoms in total. The molecule has 1 saturated heterocycles. The highest BCUT2D eigenvalue weighted by atomic mass is 19.1. The summed E-state index contributed by atoms with van der Waals surface area (Å²) in [6.45, 7) is 3.24. The van der Waals surface area contributed by atoms with Crippen molar-refractivity contribution in [1.82, 2.24) is 24.9 Å². The van der Waals surface area contributed by atoms with Crippen molar-refractivity contribution in [2.75, 3.05) is 32.7 Å². The first kappa shape index (κ1) is 22.3. The first-order chi connectivity index (χ1) is 16.6. The summed E-state index contributed by atoms with van der Waals surface area (Å²) in [6, 6.07) is 16.0. The van der Waals surface area contributed by atoms with Gasteiger partial charge in [-0.05, 0) is 49.1 Å². The number of carbonyl (C=O) groups excluding carboxylic acids is 2. The third kappa shape index (κ3) is 4.72. The van der Waals surface area contributed by atoms with Gasteiger partial charge in [0.1, 0.15) is 5.82 Å².